The quantitative estimate of drug-likeness (QED) is 0.878. The van der Waals surface area contributed by atoms with Gasteiger partial charge in [0, 0.05) is 38.3 Å². The highest BCUT2D eigenvalue weighted by atomic mass is 15.2. The zero-order chi connectivity index (χ0) is 13.9. The van der Waals surface area contributed by atoms with E-state index in [2.05, 4.69) is 35.6 Å². The third-order valence-electron chi connectivity index (χ3n) is 2.94. The first-order chi connectivity index (χ1) is 8.21. The third kappa shape index (κ3) is 3.84. The van der Waals surface area contributed by atoms with E-state index in [0.717, 1.165) is 18.2 Å². The average molecular weight is 251 g/mol. The molecule has 0 aliphatic rings. The molecule has 102 valence electrons. The lowest BCUT2D eigenvalue weighted by molar-refractivity contribution is 0.533. The fourth-order valence-corrected chi connectivity index (χ4v) is 1.60. The average Bonchev–Trinajstić information content (AvgIpc) is 2.26. The predicted molar refractivity (Wildman–Crippen MR) is 77.1 cm³/mol. The third-order valence-corrected chi connectivity index (χ3v) is 2.94. The van der Waals surface area contributed by atoms with Crippen LogP contribution in [0, 0.1) is 0 Å². The minimum absolute atomic E-state index is 0.0331. The van der Waals surface area contributed by atoms with Gasteiger partial charge in [-0.2, -0.15) is 0 Å². The number of hydrogen-bond acceptors (Lipinski definition) is 5. The first-order valence-corrected chi connectivity index (χ1v) is 6.24. The highest BCUT2D eigenvalue weighted by molar-refractivity contribution is 5.50. The second-order valence-electron chi connectivity index (χ2n) is 5.82. The fourth-order valence-electron chi connectivity index (χ4n) is 1.60. The lowest BCUT2D eigenvalue weighted by atomic mass is 10.1. The van der Waals surface area contributed by atoms with E-state index in [1.165, 1.54) is 0 Å². The molecule has 1 heterocycles. The van der Waals surface area contributed by atoms with Crippen molar-refractivity contribution in [3.05, 3.63) is 12.4 Å². The Balaban J connectivity index is 2.92. The SMILES string of the molecule is CC(N)CN(C)c1cc(N(C)C(C)(C)C)ncn1. The van der Waals surface area contributed by atoms with E-state index in [4.69, 9.17) is 5.73 Å². The molecule has 0 saturated heterocycles. The van der Waals surface area contributed by atoms with E-state index in [-0.39, 0.29) is 11.6 Å². The van der Waals surface area contributed by atoms with E-state index < -0.39 is 0 Å². The first kappa shape index (κ1) is 14.7. The van der Waals surface area contributed by atoms with Gasteiger partial charge in [-0.05, 0) is 27.7 Å². The summed E-state index contributed by atoms with van der Waals surface area (Å²) in [5.74, 6) is 1.82. The summed E-state index contributed by atoms with van der Waals surface area (Å²) in [7, 11) is 4.03. The molecule has 5 nitrogen and oxygen atoms in total. The molecule has 0 spiro atoms. The van der Waals surface area contributed by atoms with Crippen LogP contribution in [-0.4, -0.2) is 42.2 Å². The first-order valence-electron chi connectivity index (χ1n) is 6.24. The van der Waals surface area contributed by atoms with Gasteiger partial charge in [0.2, 0.25) is 0 Å². The van der Waals surface area contributed by atoms with Crippen molar-refractivity contribution < 1.29 is 0 Å². The largest absolute Gasteiger partial charge is 0.358 e. The van der Waals surface area contributed by atoms with Crippen LogP contribution in [0.15, 0.2) is 12.4 Å². The number of likely N-dealkylation sites (N-methyl/N-ethyl adjacent to an activating group) is 1. The van der Waals surface area contributed by atoms with Crippen molar-refractivity contribution in [3.8, 4) is 0 Å². The van der Waals surface area contributed by atoms with Crippen LogP contribution in [0.3, 0.4) is 0 Å². The van der Waals surface area contributed by atoms with Crippen LogP contribution in [0.5, 0.6) is 0 Å². The Bertz CT molecular complexity index is 383. The fraction of sp³-hybridized carbons (Fsp3) is 0.692. The Hall–Kier alpha value is -1.36. The standard InChI is InChI=1S/C13H25N5/c1-10(14)8-17(5)11-7-12(16-9-15-11)18(6)13(2,3)4/h7,9-10H,8,14H2,1-6H3. The molecule has 1 rings (SSSR count). The summed E-state index contributed by atoms with van der Waals surface area (Å²) in [5.41, 5.74) is 5.84. The number of anilines is 2. The monoisotopic (exact) mass is 251 g/mol. The van der Waals surface area contributed by atoms with Gasteiger partial charge in [0.05, 0.1) is 0 Å². The molecule has 0 saturated carbocycles. The van der Waals surface area contributed by atoms with Gasteiger partial charge in [-0.1, -0.05) is 0 Å². The molecule has 18 heavy (non-hydrogen) atoms. The van der Waals surface area contributed by atoms with Crippen LogP contribution in [0.4, 0.5) is 11.6 Å². The molecule has 1 aromatic rings. The summed E-state index contributed by atoms with van der Waals surface area (Å²) in [5, 5.41) is 0. The van der Waals surface area contributed by atoms with Gasteiger partial charge in [-0.25, -0.2) is 9.97 Å². The lowest BCUT2D eigenvalue weighted by Crippen LogP contribution is -2.39. The molecule has 0 amide bonds. The van der Waals surface area contributed by atoms with Gasteiger partial charge in [0.1, 0.15) is 18.0 Å². The molecular weight excluding hydrogens is 226 g/mol. The van der Waals surface area contributed by atoms with Gasteiger partial charge < -0.3 is 15.5 Å². The van der Waals surface area contributed by atoms with Crippen LogP contribution in [0.25, 0.3) is 0 Å². The Morgan fingerprint density at radius 2 is 1.78 bits per heavy atom. The van der Waals surface area contributed by atoms with Crippen LogP contribution in [0.1, 0.15) is 27.7 Å². The van der Waals surface area contributed by atoms with Crippen LogP contribution >= 0.6 is 0 Å². The van der Waals surface area contributed by atoms with Gasteiger partial charge in [0.25, 0.3) is 0 Å². The lowest BCUT2D eigenvalue weighted by Gasteiger charge is -2.33. The highest BCUT2D eigenvalue weighted by Gasteiger charge is 2.19. The normalized spacial score (nSPS) is 13.3. The van der Waals surface area contributed by atoms with Crippen LogP contribution < -0.4 is 15.5 Å². The van der Waals surface area contributed by atoms with Crippen molar-refractivity contribution in [1.82, 2.24) is 9.97 Å². The summed E-state index contributed by atoms with van der Waals surface area (Å²) >= 11 is 0. The second-order valence-corrected chi connectivity index (χ2v) is 5.82. The number of nitrogens with two attached hydrogens (primary N) is 1. The van der Waals surface area contributed by atoms with E-state index in [1.54, 1.807) is 6.33 Å². The minimum Gasteiger partial charge on any atom is -0.358 e. The van der Waals surface area contributed by atoms with E-state index >= 15 is 0 Å². The van der Waals surface area contributed by atoms with Crippen molar-refractivity contribution in [2.45, 2.75) is 39.3 Å². The minimum atomic E-state index is 0.0331. The number of hydrogen-bond donors (Lipinski definition) is 1. The Morgan fingerprint density at radius 3 is 2.28 bits per heavy atom. The van der Waals surface area contributed by atoms with Crippen LogP contribution in [-0.2, 0) is 0 Å². The maximum atomic E-state index is 5.80. The molecule has 1 aromatic heterocycles. The number of nitrogens with zero attached hydrogens (tertiary/aromatic N) is 4. The molecule has 0 radical (unpaired) electrons. The maximum Gasteiger partial charge on any atom is 0.134 e. The molecule has 5 heteroatoms. The van der Waals surface area contributed by atoms with Gasteiger partial charge in [-0.3, -0.25) is 0 Å². The summed E-state index contributed by atoms with van der Waals surface area (Å²) < 4.78 is 0. The molecule has 0 aliphatic carbocycles. The topological polar surface area (TPSA) is 58.3 Å². The maximum absolute atomic E-state index is 5.80. The molecule has 0 aromatic carbocycles. The van der Waals surface area contributed by atoms with Crippen molar-refractivity contribution in [2.24, 2.45) is 5.73 Å². The molecule has 0 aliphatic heterocycles. The molecule has 2 N–H and O–H groups in total. The Kier molecular flexibility index (Phi) is 4.51. The van der Waals surface area contributed by atoms with Gasteiger partial charge in [-0.15, -0.1) is 0 Å². The smallest absolute Gasteiger partial charge is 0.134 e. The van der Waals surface area contributed by atoms with Gasteiger partial charge >= 0.3 is 0 Å². The summed E-state index contributed by atoms with van der Waals surface area (Å²) in [4.78, 5) is 12.8. The molecule has 0 bridgehead atoms. The highest BCUT2D eigenvalue weighted by Crippen LogP contribution is 2.22. The van der Waals surface area contributed by atoms with Crippen molar-refractivity contribution in [2.75, 3.05) is 30.4 Å². The summed E-state index contributed by atoms with van der Waals surface area (Å²) in [6, 6.07) is 2.11. The zero-order valence-electron chi connectivity index (χ0n) is 12.3. The molecule has 1 atom stereocenters. The van der Waals surface area contributed by atoms with Gasteiger partial charge in [0.15, 0.2) is 0 Å². The number of aromatic nitrogens is 2. The molecule has 1 unspecified atom stereocenters. The van der Waals surface area contributed by atoms with Crippen LogP contribution in [0.2, 0.25) is 0 Å². The number of rotatable bonds is 4. The molecular formula is C13H25N5. The van der Waals surface area contributed by atoms with Crippen molar-refractivity contribution in [1.29, 1.82) is 0 Å². The molecule has 0 fully saturated rings. The summed E-state index contributed by atoms with van der Waals surface area (Å²) in [6.45, 7) is 9.22. The van der Waals surface area contributed by atoms with Crippen molar-refractivity contribution >= 4 is 11.6 Å². The predicted octanol–water partition coefficient (Wildman–Crippen LogP) is 1.49. The summed E-state index contributed by atoms with van der Waals surface area (Å²) in [6.07, 6.45) is 1.60. The Morgan fingerprint density at radius 1 is 1.22 bits per heavy atom. The second kappa shape index (κ2) is 5.52. The van der Waals surface area contributed by atoms with E-state index in [9.17, 15) is 0 Å². The van der Waals surface area contributed by atoms with Crippen molar-refractivity contribution in [3.63, 3.8) is 0 Å². The zero-order valence-corrected chi connectivity index (χ0v) is 12.3. The Labute approximate surface area is 110 Å². The van der Waals surface area contributed by atoms with E-state index in [1.807, 2.05) is 32.0 Å². The van der Waals surface area contributed by atoms with E-state index in [0.29, 0.717) is 0 Å².